The predicted octanol–water partition coefficient (Wildman–Crippen LogP) is 3.05. The van der Waals surface area contributed by atoms with Crippen molar-refractivity contribution in [3.63, 3.8) is 0 Å². The van der Waals surface area contributed by atoms with Crippen LogP contribution in [0.4, 0.5) is 11.5 Å². The van der Waals surface area contributed by atoms with Crippen molar-refractivity contribution in [2.75, 3.05) is 17.7 Å². The molecule has 0 aliphatic rings. The lowest BCUT2D eigenvalue weighted by Gasteiger charge is -2.22. The molecule has 0 saturated heterocycles. The van der Waals surface area contributed by atoms with E-state index in [4.69, 9.17) is 5.73 Å². The van der Waals surface area contributed by atoms with Gasteiger partial charge >= 0.3 is 0 Å². The number of aryl methyl sites for hydroxylation is 1. The van der Waals surface area contributed by atoms with Crippen LogP contribution in [0.2, 0.25) is 0 Å². The van der Waals surface area contributed by atoms with Crippen LogP contribution in [-0.4, -0.2) is 16.8 Å². The summed E-state index contributed by atoms with van der Waals surface area (Å²) in [5, 5.41) is 6.61. The van der Waals surface area contributed by atoms with Crippen LogP contribution in [0, 0.1) is 6.92 Å². The molecule has 0 atom stereocenters. The maximum Gasteiger partial charge on any atom is 0.150 e. The first-order valence-corrected chi connectivity index (χ1v) is 6.96. The molecule has 5 heteroatoms. The fourth-order valence-electron chi connectivity index (χ4n) is 2.00. The number of anilines is 2. The van der Waals surface area contributed by atoms with E-state index in [-0.39, 0.29) is 0 Å². The van der Waals surface area contributed by atoms with Crippen molar-refractivity contribution in [3.8, 4) is 0 Å². The molecule has 0 spiro atoms. The Kier molecular flexibility index (Phi) is 3.61. The van der Waals surface area contributed by atoms with Gasteiger partial charge in [-0.1, -0.05) is 6.07 Å². The summed E-state index contributed by atoms with van der Waals surface area (Å²) in [6.07, 6.45) is 0. The topological polar surface area (TPSA) is 47.1 Å². The second kappa shape index (κ2) is 5.02. The number of hydrogen-bond acceptors (Lipinski definition) is 4. The fraction of sp³-hybridized carbons (Fsp3) is 0.462. The first-order valence-electron chi connectivity index (χ1n) is 6.08. The highest BCUT2D eigenvalue weighted by Crippen LogP contribution is 2.29. The normalized spacial score (nSPS) is 11.2. The summed E-state index contributed by atoms with van der Waals surface area (Å²) in [5.74, 6) is 1.01. The van der Waals surface area contributed by atoms with Gasteiger partial charge in [0.2, 0.25) is 0 Å². The molecule has 0 bridgehead atoms. The van der Waals surface area contributed by atoms with E-state index in [2.05, 4.69) is 48.4 Å². The molecule has 0 aliphatic heterocycles. The molecule has 0 radical (unpaired) electrons. The van der Waals surface area contributed by atoms with Gasteiger partial charge in [-0.15, -0.1) is 11.3 Å². The first-order chi connectivity index (χ1) is 8.50. The molecule has 0 amide bonds. The zero-order valence-corrected chi connectivity index (χ0v) is 12.2. The fourth-order valence-corrected chi connectivity index (χ4v) is 2.76. The SMILES string of the molecule is Cc1nn(C(C)C)c(N(C)Cc2cccs2)c1N. The molecular formula is C13H20N4S. The minimum absolute atomic E-state index is 0.307. The predicted molar refractivity (Wildman–Crippen MR) is 78.2 cm³/mol. The van der Waals surface area contributed by atoms with Gasteiger partial charge in [0.25, 0.3) is 0 Å². The van der Waals surface area contributed by atoms with Gasteiger partial charge in [0, 0.05) is 18.0 Å². The third-order valence-corrected chi connectivity index (χ3v) is 3.79. The van der Waals surface area contributed by atoms with Gasteiger partial charge in [0.05, 0.1) is 17.9 Å². The lowest BCUT2D eigenvalue weighted by atomic mass is 10.3. The molecular weight excluding hydrogens is 244 g/mol. The molecule has 2 aromatic rings. The minimum atomic E-state index is 0.307. The average molecular weight is 264 g/mol. The van der Waals surface area contributed by atoms with Crippen LogP contribution in [0.25, 0.3) is 0 Å². The molecule has 2 N–H and O–H groups in total. The van der Waals surface area contributed by atoms with Crippen molar-refractivity contribution < 1.29 is 0 Å². The zero-order valence-electron chi connectivity index (χ0n) is 11.3. The highest BCUT2D eigenvalue weighted by atomic mass is 32.1. The summed E-state index contributed by atoms with van der Waals surface area (Å²) < 4.78 is 2.00. The summed E-state index contributed by atoms with van der Waals surface area (Å²) in [7, 11) is 2.06. The van der Waals surface area contributed by atoms with Crippen molar-refractivity contribution in [2.24, 2.45) is 0 Å². The second-order valence-corrected chi connectivity index (χ2v) is 5.83. The van der Waals surface area contributed by atoms with Gasteiger partial charge in [0.15, 0.2) is 5.82 Å². The molecule has 2 heterocycles. The maximum absolute atomic E-state index is 6.15. The van der Waals surface area contributed by atoms with Crippen LogP contribution in [0.3, 0.4) is 0 Å². The number of thiophene rings is 1. The zero-order chi connectivity index (χ0) is 13.3. The highest BCUT2D eigenvalue weighted by Gasteiger charge is 2.18. The summed E-state index contributed by atoms with van der Waals surface area (Å²) >= 11 is 1.76. The van der Waals surface area contributed by atoms with E-state index in [9.17, 15) is 0 Å². The van der Waals surface area contributed by atoms with Crippen LogP contribution in [0.15, 0.2) is 17.5 Å². The Morgan fingerprint density at radius 1 is 1.50 bits per heavy atom. The lowest BCUT2D eigenvalue weighted by Crippen LogP contribution is -2.21. The third kappa shape index (κ3) is 2.36. The number of nitrogen functional groups attached to an aromatic ring is 1. The van der Waals surface area contributed by atoms with E-state index in [1.165, 1.54) is 4.88 Å². The number of aromatic nitrogens is 2. The van der Waals surface area contributed by atoms with Gasteiger partial charge in [-0.3, -0.25) is 0 Å². The first kappa shape index (κ1) is 13.0. The van der Waals surface area contributed by atoms with E-state index in [1.54, 1.807) is 11.3 Å². The molecule has 0 saturated carbocycles. The van der Waals surface area contributed by atoms with Gasteiger partial charge in [-0.2, -0.15) is 5.10 Å². The molecule has 98 valence electrons. The largest absolute Gasteiger partial charge is 0.394 e. The molecule has 0 fully saturated rings. The molecule has 0 unspecified atom stereocenters. The standard InChI is InChI=1S/C13H20N4S/c1-9(2)17-13(12(14)10(3)15-17)16(4)8-11-6-5-7-18-11/h5-7,9H,8,14H2,1-4H3. The molecule has 18 heavy (non-hydrogen) atoms. The quantitative estimate of drug-likeness (QED) is 0.923. The minimum Gasteiger partial charge on any atom is -0.394 e. The van der Waals surface area contributed by atoms with Crippen LogP contribution in [0.5, 0.6) is 0 Å². The van der Waals surface area contributed by atoms with E-state index < -0.39 is 0 Å². The van der Waals surface area contributed by atoms with Crippen LogP contribution in [-0.2, 0) is 6.54 Å². The number of nitrogens with two attached hydrogens (primary N) is 1. The summed E-state index contributed by atoms with van der Waals surface area (Å²) in [4.78, 5) is 3.49. The smallest absolute Gasteiger partial charge is 0.150 e. The average Bonchev–Trinajstić information content (AvgIpc) is 2.88. The van der Waals surface area contributed by atoms with E-state index in [0.29, 0.717) is 6.04 Å². The number of nitrogens with zero attached hydrogens (tertiary/aromatic N) is 3. The molecule has 2 rings (SSSR count). The molecule has 4 nitrogen and oxygen atoms in total. The Morgan fingerprint density at radius 3 is 2.78 bits per heavy atom. The molecule has 0 aromatic carbocycles. The Balaban J connectivity index is 2.31. The van der Waals surface area contributed by atoms with E-state index in [0.717, 1.165) is 23.7 Å². The number of hydrogen-bond donors (Lipinski definition) is 1. The van der Waals surface area contributed by atoms with E-state index >= 15 is 0 Å². The summed E-state index contributed by atoms with van der Waals surface area (Å²) in [6.45, 7) is 7.05. The van der Waals surface area contributed by atoms with Crippen LogP contribution in [0.1, 0.15) is 30.5 Å². The Labute approximate surface area is 112 Å². The lowest BCUT2D eigenvalue weighted by molar-refractivity contribution is 0.526. The maximum atomic E-state index is 6.15. The van der Waals surface area contributed by atoms with Crippen LogP contribution >= 0.6 is 11.3 Å². The number of rotatable bonds is 4. The van der Waals surface area contributed by atoms with Gasteiger partial charge in [-0.25, -0.2) is 4.68 Å². The van der Waals surface area contributed by atoms with E-state index in [1.807, 2.05) is 11.6 Å². The van der Waals surface area contributed by atoms with Crippen molar-refractivity contribution in [1.29, 1.82) is 0 Å². The van der Waals surface area contributed by atoms with Gasteiger partial charge in [-0.05, 0) is 32.2 Å². The Morgan fingerprint density at radius 2 is 2.22 bits per heavy atom. The van der Waals surface area contributed by atoms with Crippen molar-refractivity contribution in [1.82, 2.24) is 9.78 Å². The Hall–Kier alpha value is -1.49. The summed E-state index contributed by atoms with van der Waals surface area (Å²) in [5.41, 5.74) is 7.83. The second-order valence-electron chi connectivity index (χ2n) is 4.80. The van der Waals surface area contributed by atoms with Crippen LogP contribution < -0.4 is 10.6 Å². The third-order valence-electron chi connectivity index (χ3n) is 2.93. The van der Waals surface area contributed by atoms with Crippen molar-refractivity contribution in [3.05, 3.63) is 28.1 Å². The van der Waals surface area contributed by atoms with Gasteiger partial charge < -0.3 is 10.6 Å². The monoisotopic (exact) mass is 264 g/mol. The molecule has 2 aromatic heterocycles. The van der Waals surface area contributed by atoms with Crippen molar-refractivity contribution in [2.45, 2.75) is 33.4 Å². The highest BCUT2D eigenvalue weighted by molar-refractivity contribution is 7.09. The van der Waals surface area contributed by atoms with Crippen molar-refractivity contribution >= 4 is 22.8 Å². The van der Waals surface area contributed by atoms with Gasteiger partial charge in [0.1, 0.15) is 0 Å². The molecule has 0 aliphatic carbocycles. The summed E-state index contributed by atoms with van der Waals surface area (Å²) in [6, 6.07) is 4.52. The Bertz CT molecular complexity index is 513.